The van der Waals surface area contributed by atoms with E-state index in [0.29, 0.717) is 11.2 Å². The van der Waals surface area contributed by atoms with Crippen LogP contribution in [0.3, 0.4) is 0 Å². The Morgan fingerprint density at radius 3 is 2.71 bits per heavy atom. The quantitative estimate of drug-likeness (QED) is 0.442. The van der Waals surface area contributed by atoms with Crippen LogP contribution >= 0.6 is 0 Å². The molecule has 2 aromatic carbocycles. The molecule has 0 spiro atoms. The third kappa shape index (κ3) is 4.16. The predicted molar refractivity (Wildman–Crippen MR) is 108 cm³/mol. The summed E-state index contributed by atoms with van der Waals surface area (Å²) in [6.45, 7) is -1.50. The van der Waals surface area contributed by atoms with Crippen molar-refractivity contribution in [2.75, 3.05) is 5.32 Å². The standard InChI is InChI=1S/C22H17F2N3O4/c1-13-8-9-14(11-16(13)26-20(28)18-7-4-10-30-18)21(29)31-12-19-25-15-5-2-3-6-17(15)27(19)22(23)24/h2-11,22H,12H2,1H3,(H,26,28). The van der Waals surface area contributed by atoms with Crippen molar-refractivity contribution < 1.29 is 27.5 Å². The summed E-state index contributed by atoms with van der Waals surface area (Å²) < 4.78 is 38.0. The Morgan fingerprint density at radius 1 is 1.16 bits per heavy atom. The van der Waals surface area contributed by atoms with Gasteiger partial charge in [0.05, 0.1) is 22.9 Å². The fourth-order valence-electron chi connectivity index (χ4n) is 3.10. The summed E-state index contributed by atoms with van der Waals surface area (Å²) in [5.41, 5.74) is 1.90. The van der Waals surface area contributed by atoms with E-state index in [4.69, 9.17) is 9.15 Å². The van der Waals surface area contributed by atoms with Gasteiger partial charge in [-0.2, -0.15) is 8.78 Å². The molecule has 0 unspecified atom stereocenters. The maximum atomic E-state index is 13.5. The number of imidazole rings is 1. The number of benzene rings is 2. The molecule has 4 aromatic rings. The number of halogens is 2. The molecule has 0 saturated heterocycles. The number of hydrogen-bond donors (Lipinski definition) is 1. The van der Waals surface area contributed by atoms with Crippen molar-refractivity contribution in [2.24, 2.45) is 0 Å². The van der Waals surface area contributed by atoms with Crippen molar-refractivity contribution in [3.63, 3.8) is 0 Å². The van der Waals surface area contributed by atoms with Crippen LogP contribution in [-0.2, 0) is 11.3 Å². The van der Waals surface area contributed by atoms with E-state index in [1.807, 2.05) is 0 Å². The minimum Gasteiger partial charge on any atom is -0.459 e. The number of aryl methyl sites for hydroxylation is 1. The zero-order valence-corrected chi connectivity index (χ0v) is 16.3. The summed E-state index contributed by atoms with van der Waals surface area (Å²) in [6, 6.07) is 14.2. The van der Waals surface area contributed by atoms with Crippen molar-refractivity contribution >= 4 is 28.6 Å². The van der Waals surface area contributed by atoms with Gasteiger partial charge in [0.1, 0.15) is 6.61 Å². The van der Waals surface area contributed by atoms with Crippen LogP contribution in [0.25, 0.3) is 11.0 Å². The summed E-state index contributed by atoms with van der Waals surface area (Å²) in [6.07, 6.45) is 1.38. The highest BCUT2D eigenvalue weighted by atomic mass is 19.3. The highest BCUT2D eigenvalue weighted by Crippen LogP contribution is 2.24. The molecule has 4 rings (SSSR count). The summed E-state index contributed by atoms with van der Waals surface area (Å²) >= 11 is 0. The van der Waals surface area contributed by atoms with E-state index in [2.05, 4.69) is 10.3 Å². The third-order valence-corrected chi connectivity index (χ3v) is 4.66. The van der Waals surface area contributed by atoms with Gasteiger partial charge in [-0.15, -0.1) is 0 Å². The minimum atomic E-state index is -2.83. The number of esters is 1. The molecule has 0 radical (unpaired) electrons. The van der Waals surface area contributed by atoms with E-state index in [9.17, 15) is 18.4 Å². The van der Waals surface area contributed by atoms with Crippen LogP contribution < -0.4 is 5.32 Å². The largest absolute Gasteiger partial charge is 0.459 e. The van der Waals surface area contributed by atoms with Crippen LogP contribution in [0, 0.1) is 6.92 Å². The summed E-state index contributed by atoms with van der Waals surface area (Å²) in [5, 5.41) is 2.67. The van der Waals surface area contributed by atoms with E-state index in [1.165, 1.54) is 30.5 Å². The number of para-hydroxylation sites is 2. The normalized spacial score (nSPS) is 11.1. The molecule has 2 heterocycles. The SMILES string of the molecule is Cc1ccc(C(=O)OCc2nc3ccccc3n2C(F)F)cc1NC(=O)c1ccco1. The van der Waals surface area contributed by atoms with Gasteiger partial charge in [0, 0.05) is 5.69 Å². The summed E-state index contributed by atoms with van der Waals surface area (Å²) in [5.74, 6) is -1.15. The van der Waals surface area contributed by atoms with E-state index >= 15 is 0 Å². The molecule has 9 heteroatoms. The number of carbonyl (C=O) groups excluding carboxylic acids is 2. The highest BCUT2D eigenvalue weighted by Gasteiger charge is 2.19. The van der Waals surface area contributed by atoms with E-state index in [1.54, 1.807) is 37.3 Å². The first-order valence-electron chi connectivity index (χ1n) is 9.30. The third-order valence-electron chi connectivity index (χ3n) is 4.66. The van der Waals surface area contributed by atoms with Crippen molar-refractivity contribution in [1.82, 2.24) is 9.55 Å². The molecular weight excluding hydrogens is 408 g/mol. The van der Waals surface area contributed by atoms with Gasteiger partial charge in [0.25, 0.3) is 5.91 Å². The van der Waals surface area contributed by atoms with Gasteiger partial charge >= 0.3 is 12.5 Å². The zero-order chi connectivity index (χ0) is 22.0. The number of fused-ring (bicyclic) bond motifs is 1. The molecule has 1 amide bonds. The Balaban J connectivity index is 1.51. The number of ether oxygens (including phenoxy) is 1. The molecule has 158 valence electrons. The minimum absolute atomic E-state index is 0.0667. The predicted octanol–water partition coefficient (Wildman–Crippen LogP) is 4.94. The molecular formula is C22H17F2N3O4. The first kappa shape index (κ1) is 20.3. The Hall–Kier alpha value is -4.01. The molecule has 0 aliphatic rings. The molecule has 7 nitrogen and oxygen atoms in total. The number of aromatic nitrogens is 2. The number of amides is 1. The lowest BCUT2D eigenvalue weighted by atomic mass is 10.1. The maximum absolute atomic E-state index is 13.5. The molecule has 0 aliphatic carbocycles. The second kappa shape index (κ2) is 8.39. The number of nitrogens with zero attached hydrogens (tertiary/aromatic N) is 2. The van der Waals surface area contributed by atoms with Crippen LogP contribution in [0.1, 0.15) is 38.9 Å². The van der Waals surface area contributed by atoms with Gasteiger partial charge in [-0.05, 0) is 48.9 Å². The second-order valence-electron chi connectivity index (χ2n) is 6.70. The van der Waals surface area contributed by atoms with Crippen molar-refractivity contribution in [3.8, 4) is 0 Å². The number of anilines is 1. The second-order valence-corrected chi connectivity index (χ2v) is 6.70. The molecule has 0 fully saturated rings. The van der Waals surface area contributed by atoms with Gasteiger partial charge in [0.2, 0.25) is 0 Å². The van der Waals surface area contributed by atoms with Gasteiger partial charge in [-0.1, -0.05) is 18.2 Å². The molecule has 1 N–H and O–H groups in total. The lowest BCUT2D eigenvalue weighted by molar-refractivity contribution is 0.0387. The van der Waals surface area contributed by atoms with Crippen LogP contribution in [0.4, 0.5) is 14.5 Å². The first-order valence-corrected chi connectivity index (χ1v) is 9.30. The van der Waals surface area contributed by atoms with Crippen LogP contribution in [0.5, 0.6) is 0 Å². The fraction of sp³-hybridized carbons (Fsp3) is 0.136. The summed E-state index contributed by atoms with van der Waals surface area (Å²) in [7, 11) is 0. The lowest BCUT2D eigenvalue weighted by Gasteiger charge is -2.11. The van der Waals surface area contributed by atoms with E-state index < -0.39 is 25.0 Å². The lowest BCUT2D eigenvalue weighted by Crippen LogP contribution is -2.14. The number of nitrogens with one attached hydrogen (secondary N) is 1. The Morgan fingerprint density at radius 2 is 1.97 bits per heavy atom. The maximum Gasteiger partial charge on any atom is 0.338 e. The molecule has 31 heavy (non-hydrogen) atoms. The first-order chi connectivity index (χ1) is 14.9. The topological polar surface area (TPSA) is 86.4 Å². The van der Waals surface area contributed by atoms with Gasteiger partial charge in [-0.25, -0.2) is 9.78 Å². The van der Waals surface area contributed by atoms with Crippen molar-refractivity contribution in [3.05, 3.63) is 83.6 Å². The van der Waals surface area contributed by atoms with Gasteiger partial charge < -0.3 is 14.5 Å². The Kier molecular flexibility index (Phi) is 5.48. The number of carbonyl (C=O) groups is 2. The number of alkyl halides is 2. The average molecular weight is 425 g/mol. The van der Waals surface area contributed by atoms with Crippen LogP contribution in [0.15, 0.2) is 65.3 Å². The smallest absolute Gasteiger partial charge is 0.338 e. The van der Waals surface area contributed by atoms with Gasteiger partial charge in [-0.3, -0.25) is 9.36 Å². The Labute approximate surface area is 175 Å². The fourth-order valence-corrected chi connectivity index (χ4v) is 3.10. The number of rotatable bonds is 6. The summed E-state index contributed by atoms with van der Waals surface area (Å²) in [4.78, 5) is 28.9. The number of furan rings is 1. The average Bonchev–Trinajstić information content (AvgIpc) is 3.41. The van der Waals surface area contributed by atoms with E-state index in [-0.39, 0.29) is 22.7 Å². The monoisotopic (exact) mass is 425 g/mol. The number of hydrogen-bond acceptors (Lipinski definition) is 5. The highest BCUT2D eigenvalue weighted by molar-refractivity contribution is 6.03. The molecule has 0 atom stereocenters. The van der Waals surface area contributed by atoms with Gasteiger partial charge in [0.15, 0.2) is 11.6 Å². The zero-order valence-electron chi connectivity index (χ0n) is 16.3. The van der Waals surface area contributed by atoms with Crippen LogP contribution in [-0.4, -0.2) is 21.4 Å². The van der Waals surface area contributed by atoms with Crippen molar-refractivity contribution in [1.29, 1.82) is 0 Å². The van der Waals surface area contributed by atoms with Crippen LogP contribution in [0.2, 0.25) is 0 Å². The molecule has 0 bridgehead atoms. The molecule has 0 saturated carbocycles. The van der Waals surface area contributed by atoms with E-state index in [0.717, 1.165) is 10.1 Å². The van der Waals surface area contributed by atoms with Crippen molar-refractivity contribution in [2.45, 2.75) is 20.1 Å². The Bertz CT molecular complexity index is 1250. The molecule has 2 aromatic heterocycles. The molecule has 0 aliphatic heterocycles.